The Morgan fingerprint density at radius 1 is 1.54 bits per heavy atom. The summed E-state index contributed by atoms with van der Waals surface area (Å²) >= 11 is 8.48. The van der Waals surface area contributed by atoms with E-state index >= 15 is 0 Å². The number of benzene rings is 1. The molecule has 1 rings (SSSR count). The second kappa shape index (κ2) is 4.58. The zero-order chi connectivity index (χ0) is 9.84. The van der Waals surface area contributed by atoms with Gasteiger partial charge in [0.05, 0.1) is 11.6 Å². The highest BCUT2D eigenvalue weighted by atomic mass is 79.9. The van der Waals surface area contributed by atoms with Gasteiger partial charge in [0.15, 0.2) is 0 Å². The molecule has 0 atom stereocenters. The monoisotopic (exact) mass is 259 g/mol. The first-order valence-electron chi connectivity index (χ1n) is 3.74. The van der Waals surface area contributed by atoms with Gasteiger partial charge in [-0.15, -0.1) is 0 Å². The van der Waals surface area contributed by atoms with Gasteiger partial charge in [0.25, 0.3) is 0 Å². The number of nitrogens with one attached hydrogen (secondary N) is 1. The lowest BCUT2D eigenvalue weighted by molar-refractivity contribution is 0.412. The van der Waals surface area contributed by atoms with E-state index in [1.54, 1.807) is 14.2 Å². The average molecular weight is 260 g/mol. The number of hydrogen-bond donors (Lipinski definition) is 1. The Morgan fingerprint density at radius 2 is 2.23 bits per heavy atom. The Morgan fingerprint density at radius 3 is 2.69 bits per heavy atom. The van der Waals surface area contributed by atoms with Crippen LogP contribution in [-0.4, -0.2) is 19.1 Å². The molecule has 1 aromatic carbocycles. The van der Waals surface area contributed by atoms with E-state index in [9.17, 15) is 0 Å². The number of rotatable bonds is 2. The summed E-state index contributed by atoms with van der Waals surface area (Å²) < 4.78 is 6.01. The van der Waals surface area contributed by atoms with Crippen LogP contribution in [0, 0.1) is 0 Å². The summed E-state index contributed by atoms with van der Waals surface area (Å²) in [5, 5.41) is 2.92. The molecular formula is C9H10BrNOS. The summed E-state index contributed by atoms with van der Waals surface area (Å²) in [4.78, 5) is 0.725. The minimum absolute atomic E-state index is 0.725. The van der Waals surface area contributed by atoms with Gasteiger partial charge >= 0.3 is 0 Å². The van der Waals surface area contributed by atoms with E-state index in [1.807, 2.05) is 18.2 Å². The topological polar surface area (TPSA) is 21.3 Å². The molecule has 0 saturated carbocycles. The molecule has 0 fully saturated rings. The zero-order valence-electron chi connectivity index (χ0n) is 7.43. The quantitative estimate of drug-likeness (QED) is 0.825. The Kier molecular flexibility index (Phi) is 3.69. The third-order valence-electron chi connectivity index (χ3n) is 1.64. The zero-order valence-corrected chi connectivity index (χ0v) is 9.83. The molecule has 1 aromatic rings. The van der Waals surface area contributed by atoms with Gasteiger partial charge in [-0.1, -0.05) is 12.2 Å². The van der Waals surface area contributed by atoms with Gasteiger partial charge in [-0.25, -0.2) is 0 Å². The molecule has 70 valence electrons. The van der Waals surface area contributed by atoms with Gasteiger partial charge in [0, 0.05) is 12.6 Å². The van der Waals surface area contributed by atoms with Crippen LogP contribution < -0.4 is 10.1 Å². The molecule has 0 saturated heterocycles. The van der Waals surface area contributed by atoms with Crippen molar-refractivity contribution in [3.63, 3.8) is 0 Å². The number of halogens is 1. The minimum atomic E-state index is 0.725. The predicted molar refractivity (Wildman–Crippen MR) is 61.5 cm³/mol. The molecule has 0 unspecified atom stereocenters. The first kappa shape index (κ1) is 10.5. The SMILES string of the molecule is CNC(=S)c1ccc(OC)c(Br)c1. The maximum atomic E-state index is 5.10. The smallest absolute Gasteiger partial charge is 0.133 e. The molecule has 0 radical (unpaired) electrons. The van der Waals surface area contributed by atoms with Gasteiger partial charge in [0.1, 0.15) is 10.7 Å². The minimum Gasteiger partial charge on any atom is -0.496 e. The van der Waals surface area contributed by atoms with E-state index in [4.69, 9.17) is 17.0 Å². The highest BCUT2D eigenvalue weighted by molar-refractivity contribution is 9.10. The van der Waals surface area contributed by atoms with E-state index in [-0.39, 0.29) is 0 Å². The van der Waals surface area contributed by atoms with E-state index < -0.39 is 0 Å². The molecule has 1 N–H and O–H groups in total. The summed E-state index contributed by atoms with van der Waals surface area (Å²) in [7, 11) is 3.44. The van der Waals surface area contributed by atoms with E-state index in [2.05, 4.69) is 21.2 Å². The summed E-state index contributed by atoms with van der Waals surface area (Å²) in [6.45, 7) is 0. The lowest BCUT2D eigenvalue weighted by Crippen LogP contribution is -2.16. The van der Waals surface area contributed by atoms with E-state index in [1.165, 1.54) is 0 Å². The van der Waals surface area contributed by atoms with Gasteiger partial charge in [0.2, 0.25) is 0 Å². The van der Waals surface area contributed by atoms with Gasteiger partial charge in [-0.2, -0.15) is 0 Å². The summed E-state index contributed by atoms with van der Waals surface area (Å²) in [6, 6.07) is 5.73. The molecular weight excluding hydrogens is 250 g/mol. The van der Waals surface area contributed by atoms with Crippen LogP contribution in [0.3, 0.4) is 0 Å². The van der Waals surface area contributed by atoms with Crippen molar-refractivity contribution >= 4 is 33.1 Å². The number of methoxy groups -OCH3 is 1. The van der Waals surface area contributed by atoms with Crippen molar-refractivity contribution in [2.75, 3.05) is 14.2 Å². The largest absolute Gasteiger partial charge is 0.496 e. The molecule has 0 aliphatic rings. The van der Waals surface area contributed by atoms with Crippen LogP contribution in [0.5, 0.6) is 5.75 Å². The van der Waals surface area contributed by atoms with Crippen molar-refractivity contribution in [3.05, 3.63) is 28.2 Å². The third kappa shape index (κ3) is 2.42. The molecule has 0 amide bonds. The number of ether oxygens (including phenoxy) is 1. The van der Waals surface area contributed by atoms with Crippen molar-refractivity contribution in [2.45, 2.75) is 0 Å². The number of hydrogen-bond acceptors (Lipinski definition) is 2. The first-order valence-corrected chi connectivity index (χ1v) is 4.94. The van der Waals surface area contributed by atoms with Crippen molar-refractivity contribution in [1.29, 1.82) is 0 Å². The molecule has 0 aromatic heterocycles. The van der Waals surface area contributed by atoms with Crippen LogP contribution in [0.2, 0.25) is 0 Å². The highest BCUT2D eigenvalue weighted by Crippen LogP contribution is 2.25. The van der Waals surface area contributed by atoms with Crippen LogP contribution in [-0.2, 0) is 0 Å². The second-order valence-corrected chi connectivity index (χ2v) is 3.69. The highest BCUT2D eigenvalue weighted by Gasteiger charge is 2.03. The molecule has 0 bridgehead atoms. The van der Waals surface area contributed by atoms with Crippen LogP contribution in [0.4, 0.5) is 0 Å². The Hall–Kier alpha value is -0.610. The molecule has 0 spiro atoms. The summed E-state index contributed by atoms with van der Waals surface area (Å²) in [5.41, 5.74) is 0.977. The lowest BCUT2D eigenvalue weighted by Gasteiger charge is -2.06. The molecule has 0 aliphatic heterocycles. The fourth-order valence-electron chi connectivity index (χ4n) is 0.952. The average Bonchev–Trinajstić information content (AvgIpc) is 2.16. The van der Waals surface area contributed by atoms with Crippen LogP contribution in [0.25, 0.3) is 0 Å². The van der Waals surface area contributed by atoms with Gasteiger partial charge in [-0.3, -0.25) is 0 Å². The maximum absolute atomic E-state index is 5.10. The molecule has 0 aliphatic carbocycles. The Labute approximate surface area is 91.4 Å². The van der Waals surface area contributed by atoms with E-state index in [0.29, 0.717) is 0 Å². The maximum Gasteiger partial charge on any atom is 0.133 e. The standard InChI is InChI=1S/C9H10BrNOS/c1-11-9(13)6-3-4-8(12-2)7(10)5-6/h3-5H,1-2H3,(H,11,13). The lowest BCUT2D eigenvalue weighted by atomic mass is 10.2. The van der Waals surface area contributed by atoms with Crippen molar-refractivity contribution < 1.29 is 4.74 Å². The summed E-state index contributed by atoms with van der Waals surface area (Å²) in [5.74, 6) is 0.808. The fraction of sp³-hybridized carbons (Fsp3) is 0.222. The van der Waals surface area contributed by atoms with Crippen LogP contribution in [0.15, 0.2) is 22.7 Å². The van der Waals surface area contributed by atoms with Crippen LogP contribution in [0.1, 0.15) is 5.56 Å². The first-order chi connectivity index (χ1) is 6.19. The second-order valence-electron chi connectivity index (χ2n) is 2.43. The van der Waals surface area contributed by atoms with Crippen molar-refractivity contribution in [3.8, 4) is 5.75 Å². The number of thiocarbonyl (C=S) groups is 1. The third-order valence-corrected chi connectivity index (χ3v) is 2.70. The van der Waals surface area contributed by atoms with Crippen LogP contribution >= 0.6 is 28.1 Å². The molecule has 13 heavy (non-hydrogen) atoms. The molecule has 0 heterocycles. The molecule has 2 nitrogen and oxygen atoms in total. The normalized spacial score (nSPS) is 9.46. The summed E-state index contributed by atoms with van der Waals surface area (Å²) in [6.07, 6.45) is 0. The van der Waals surface area contributed by atoms with Crippen molar-refractivity contribution in [1.82, 2.24) is 5.32 Å². The van der Waals surface area contributed by atoms with E-state index in [0.717, 1.165) is 20.8 Å². The molecule has 4 heteroatoms. The van der Waals surface area contributed by atoms with Gasteiger partial charge in [-0.05, 0) is 34.1 Å². The Balaban J connectivity index is 3.02. The Bertz CT molecular complexity index is 327. The van der Waals surface area contributed by atoms with Gasteiger partial charge < -0.3 is 10.1 Å². The van der Waals surface area contributed by atoms with Crippen molar-refractivity contribution in [2.24, 2.45) is 0 Å². The predicted octanol–water partition coefficient (Wildman–Crippen LogP) is 2.35. The fourth-order valence-corrected chi connectivity index (χ4v) is 1.62.